The Balaban J connectivity index is 2.09. The van der Waals surface area contributed by atoms with Crippen LogP contribution in [0.5, 0.6) is 5.75 Å². The van der Waals surface area contributed by atoms with Crippen molar-refractivity contribution in [2.75, 3.05) is 38.2 Å². The lowest BCUT2D eigenvalue weighted by atomic mass is 10.1. The van der Waals surface area contributed by atoms with Gasteiger partial charge in [-0.05, 0) is 26.0 Å². The summed E-state index contributed by atoms with van der Waals surface area (Å²) in [6, 6.07) is 5.40. The number of piperazine rings is 1. The predicted molar refractivity (Wildman–Crippen MR) is 83.8 cm³/mol. The largest absolute Gasteiger partial charge is 0.495 e. The van der Waals surface area contributed by atoms with Crippen molar-refractivity contribution in [1.82, 2.24) is 4.90 Å². The molecule has 1 aliphatic rings. The average Bonchev–Trinajstić information content (AvgIpc) is 2.53. The average molecular weight is 306 g/mol. The van der Waals surface area contributed by atoms with E-state index in [1.807, 2.05) is 19.9 Å². The van der Waals surface area contributed by atoms with Gasteiger partial charge in [-0.15, -0.1) is 0 Å². The van der Waals surface area contributed by atoms with Crippen molar-refractivity contribution in [2.24, 2.45) is 0 Å². The molecule has 1 heterocycles. The van der Waals surface area contributed by atoms with Gasteiger partial charge in [-0.2, -0.15) is 0 Å². The quantitative estimate of drug-likeness (QED) is 0.798. The van der Waals surface area contributed by atoms with Crippen molar-refractivity contribution in [3.05, 3.63) is 23.8 Å². The van der Waals surface area contributed by atoms with Crippen LogP contribution in [0.4, 0.5) is 10.5 Å². The van der Waals surface area contributed by atoms with Crippen LogP contribution in [0.25, 0.3) is 0 Å². The maximum absolute atomic E-state index is 11.9. The number of para-hydroxylation sites is 1. The minimum Gasteiger partial charge on any atom is -0.495 e. The van der Waals surface area contributed by atoms with E-state index >= 15 is 0 Å². The molecular formula is C16H22N2O4. The van der Waals surface area contributed by atoms with E-state index in [0.29, 0.717) is 37.5 Å². The molecule has 1 aromatic rings. The zero-order valence-electron chi connectivity index (χ0n) is 13.2. The first-order valence-electron chi connectivity index (χ1n) is 7.39. The second kappa shape index (κ2) is 7.15. The minimum absolute atomic E-state index is 0.124. The van der Waals surface area contributed by atoms with Gasteiger partial charge in [0.2, 0.25) is 0 Å². The van der Waals surface area contributed by atoms with Crippen molar-refractivity contribution >= 4 is 18.1 Å². The zero-order valence-corrected chi connectivity index (χ0v) is 13.2. The number of methoxy groups -OCH3 is 1. The van der Waals surface area contributed by atoms with Crippen LogP contribution in [0, 0.1) is 0 Å². The Morgan fingerprint density at radius 3 is 2.45 bits per heavy atom. The van der Waals surface area contributed by atoms with E-state index in [4.69, 9.17) is 9.47 Å². The summed E-state index contributed by atoms with van der Waals surface area (Å²) in [5, 5.41) is 0. The molecule has 6 heteroatoms. The third-order valence-electron chi connectivity index (χ3n) is 3.57. The van der Waals surface area contributed by atoms with Crippen LogP contribution in [-0.2, 0) is 4.74 Å². The molecule has 0 radical (unpaired) electrons. The van der Waals surface area contributed by atoms with Gasteiger partial charge >= 0.3 is 6.09 Å². The number of carbonyl (C=O) groups excluding carboxylic acids is 2. The second-order valence-corrected chi connectivity index (χ2v) is 5.42. The lowest BCUT2D eigenvalue weighted by Gasteiger charge is -2.36. The Morgan fingerprint density at radius 1 is 1.23 bits per heavy atom. The monoisotopic (exact) mass is 306 g/mol. The summed E-state index contributed by atoms with van der Waals surface area (Å²) >= 11 is 0. The van der Waals surface area contributed by atoms with Crippen LogP contribution >= 0.6 is 0 Å². The first kappa shape index (κ1) is 16.1. The number of carbonyl (C=O) groups is 2. The first-order chi connectivity index (χ1) is 10.6. The molecule has 22 heavy (non-hydrogen) atoms. The number of nitrogens with zero attached hydrogens (tertiary/aromatic N) is 2. The number of ether oxygens (including phenoxy) is 2. The van der Waals surface area contributed by atoms with Crippen LogP contribution in [0.15, 0.2) is 18.2 Å². The van der Waals surface area contributed by atoms with Crippen LogP contribution in [0.3, 0.4) is 0 Å². The van der Waals surface area contributed by atoms with E-state index in [1.54, 1.807) is 24.1 Å². The highest BCUT2D eigenvalue weighted by molar-refractivity contribution is 5.87. The first-order valence-corrected chi connectivity index (χ1v) is 7.39. The maximum atomic E-state index is 11.9. The Bertz CT molecular complexity index is 537. The summed E-state index contributed by atoms with van der Waals surface area (Å²) in [5.74, 6) is 0.669. The van der Waals surface area contributed by atoms with Crippen molar-refractivity contribution in [1.29, 1.82) is 0 Å². The molecule has 6 nitrogen and oxygen atoms in total. The predicted octanol–water partition coefficient (Wildman–Crippen LogP) is 2.17. The van der Waals surface area contributed by atoms with Crippen LogP contribution in [0.2, 0.25) is 0 Å². The highest BCUT2D eigenvalue weighted by Gasteiger charge is 2.25. The molecule has 0 bridgehead atoms. The van der Waals surface area contributed by atoms with Crippen molar-refractivity contribution in [3.63, 3.8) is 0 Å². The van der Waals surface area contributed by atoms with Gasteiger partial charge in [0.1, 0.15) is 5.75 Å². The number of amides is 1. The molecule has 0 unspecified atom stereocenters. The lowest BCUT2D eigenvalue weighted by molar-refractivity contribution is 0.0750. The summed E-state index contributed by atoms with van der Waals surface area (Å²) in [6.07, 6.45) is 0.420. The third kappa shape index (κ3) is 3.50. The van der Waals surface area contributed by atoms with E-state index in [2.05, 4.69) is 4.90 Å². The summed E-state index contributed by atoms with van der Waals surface area (Å²) in [6.45, 7) is 6.05. The van der Waals surface area contributed by atoms with Crippen molar-refractivity contribution in [2.45, 2.75) is 20.0 Å². The summed E-state index contributed by atoms with van der Waals surface area (Å²) in [4.78, 5) is 26.9. The van der Waals surface area contributed by atoms with Crippen LogP contribution in [-0.4, -0.2) is 56.7 Å². The maximum Gasteiger partial charge on any atom is 0.410 e. The SMILES string of the molecule is COc1cccc(C=O)c1N1CCN(C(=O)OC(C)C)CC1. The van der Waals surface area contributed by atoms with E-state index in [-0.39, 0.29) is 12.2 Å². The van der Waals surface area contributed by atoms with Crippen molar-refractivity contribution < 1.29 is 19.1 Å². The molecular weight excluding hydrogens is 284 g/mol. The van der Waals surface area contributed by atoms with E-state index < -0.39 is 0 Å². The highest BCUT2D eigenvalue weighted by Crippen LogP contribution is 2.32. The molecule has 1 aliphatic heterocycles. The van der Waals surface area contributed by atoms with Crippen molar-refractivity contribution in [3.8, 4) is 5.75 Å². The van der Waals surface area contributed by atoms with E-state index in [9.17, 15) is 9.59 Å². The smallest absolute Gasteiger partial charge is 0.410 e. The number of hydrogen-bond acceptors (Lipinski definition) is 5. The fraction of sp³-hybridized carbons (Fsp3) is 0.500. The Morgan fingerprint density at radius 2 is 1.91 bits per heavy atom. The highest BCUT2D eigenvalue weighted by atomic mass is 16.6. The Kier molecular flexibility index (Phi) is 5.25. The Hall–Kier alpha value is -2.24. The molecule has 0 aromatic heterocycles. The molecule has 0 aliphatic carbocycles. The molecule has 1 saturated heterocycles. The van der Waals surface area contributed by atoms with Gasteiger partial charge in [0.05, 0.1) is 18.9 Å². The third-order valence-corrected chi connectivity index (χ3v) is 3.57. The van der Waals surface area contributed by atoms with Crippen LogP contribution < -0.4 is 9.64 Å². The van der Waals surface area contributed by atoms with Crippen LogP contribution in [0.1, 0.15) is 24.2 Å². The molecule has 2 rings (SSSR count). The van der Waals surface area contributed by atoms with Gasteiger partial charge < -0.3 is 19.3 Å². The fourth-order valence-electron chi connectivity index (χ4n) is 2.53. The number of anilines is 1. The second-order valence-electron chi connectivity index (χ2n) is 5.42. The molecule has 0 saturated carbocycles. The summed E-state index contributed by atoms with van der Waals surface area (Å²) in [7, 11) is 1.59. The molecule has 1 fully saturated rings. The normalized spacial score (nSPS) is 14.9. The van der Waals surface area contributed by atoms with Gasteiger partial charge in [-0.1, -0.05) is 6.07 Å². The van der Waals surface area contributed by atoms with Gasteiger partial charge in [0.25, 0.3) is 0 Å². The minimum atomic E-state index is -0.287. The molecule has 1 amide bonds. The molecule has 0 atom stereocenters. The van der Waals surface area contributed by atoms with Gasteiger partial charge in [0, 0.05) is 31.7 Å². The van der Waals surface area contributed by atoms with E-state index in [0.717, 1.165) is 12.0 Å². The topological polar surface area (TPSA) is 59.1 Å². The van der Waals surface area contributed by atoms with Gasteiger partial charge in [-0.25, -0.2) is 4.79 Å². The number of rotatable bonds is 4. The fourth-order valence-corrected chi connectivity index (χ4v) is 2.53. The number of aldehydes is 1. The molecule has 120 valence electrons. The standard InChI is InChI=1S/C16H22N2O4/c1-12(2)22-16(20)18-9-7-17(8-10-18)15-13(11-19)5-4-6-14(15)21-3/h4-6,11-12H,7-10H2,1-3H3. The van der Waals surface area contributed by atoms with Gasteiger partial charge in [-0.3, -0.25) is 4.79 Å². The summed E-state index contributed by atoms with van der Waals surface area (Å²) < 4.78 is 10.6. The summed E-state index contributed by atoms with van der Waals surface area (Å²) in [5.41, 5.74) is 1.38. The number of benzene rings is 1. The Labute approximate surface area is 130 Å². The molecule has 0 spiro atoms. The molecule has 1 aromatic carbocycles. The zero-order chi connectivity index (χ0) is 16.1. The molecule has 0 N–H and O–H groups in total. The number of hydrogen-bond donors (Lipinski definition) is 0. The lowest BCUT2D eigenvalue weighted by Crippen LogP contribution is -2.49. The van der Waals surface area contributed by atoms with E-state index in [1.165, 1.54) is 0 Å². The van der Waals surface area contributed by atoms with Gasteiger partial charge in [0.15, 0.2) is 6.29 Å².